The number of H-pyrrole nitrogens is 1. The Bertz CT molecular complexity index is 1060. The molecular weight excluding hydrogens is 431 g/mol. The molecule has 0 amide bonds. The predicted octanol–water partition coefficient (Wildman–Crippen LogP) is 2.73. The maximum absolute atomic E-state index is 13.4. The van der Waals surface area contributed by atoms with E-state index in [1.54, 1.807) is 0 Å². The number of morpholine rings is 1. The average Bonchev–Trinajstić information content (AvgIpc) is 3.06. The number of hydrogen-bond acceptors (Lipinski definition) is 5. The molecule has 0 aliphatic carbocycles. The zero-order valence-electron chi connectivity index (χ0n) is 13.8. The second kappa shape index (κ2) is 6.64. The molecule has 0 spiro atoms. The van der Waals surface area contributed by atoms with Gasteiger partial charge in [0.1, 0.15) is 5.39 Å². The molecule has 11 heteroatoms. The number of aromatic nitrogens is 4. The molecule has 27 heavy (non-hydrogen) atoms. The van der Waals surface area contributed by atoms with Gasteiger partial charge in [-0.25, -0.2) is 4.68 Å². The summed E-state index contributed by atoms with van der Waals surface area (Å²) < 4.78 is 46.8. The van der Waals surface area contributed by atoms with Crippen LogP contribution in [0, 0.1) is 0 Å². The Morgan fingerprint density at radius 1 is 1.22 bits per heavy atom. The van der Waals surface area contributed by atoms with Gasteiger partial charge in [-0.05, 0) is 18.2 Å². The van der Waals surface area contributed by atoms with E-state index >= 15 is 0 Å². The van der Waals surface area contributed by atoms with E-state index in [9.17, 15) is 18.0 Å². The standard InChI is InChI=1S/C16H13BrF3N5O2/c17-9-1-2-12(11(7-9)16(18,19)20)25-8-10-13(23-25)21-15(22-14(10)26)24-3-5-27-6-4-24/h1-2,7-8H,3-6H2,(H,21,22,23,26). The number of fused-ring (bicyclic) bond motifs is 1. The number of nitrogens with one attached hydrogen (secondary N) is 1. The molecule has 1 N–H and O–H groups in total. The molecule has 1 aromatic carbocycles. The molecule has 3 heterocycles. The number of anilines is 1. The van der Waals surface area contributed by atoms with Gasteiger partial charge < -0.3 is 9.64 Å². The minimum absolute atomic E-state index is 0.0799. The van der Waals surface area contributed by atoms with Crippen molar-refractivity contribution in [3.8, 4) is 5.69 Å². The van der Waals surface area contributed by atoms with Crippen molar-refractivity contribution in [1.82, 2.24) is 19.7 Å². The quantitative estimate of drug-likeness (QED) is 0.658. The summed E-state index contributed by atoms with van der Waals surface area (Å²) in [5.74, 6) is 0.327. The van der Waals surface area contributed by atoms with Crippen LogP contribution in [0.1, 0.15) is 5.56 Å². The largest absolute Gasteiger partial charge is 0.418 e. The summed E-state index contributed by atoms with van der Waals surface area (Å²) >= 11 is 3.05. The van der Waals surface area contributed by atoms with Crippen LogP contribution in [0.15, 0.2) is 33.7 Å². The van der Waals surface area contributed by atoms with Gasteiger partial charge in [0.05, 0.1) is 24.5 Å². The van der Waals surface area contributed by atoms with Crippen molar-refractivity contribution in [3.63, 3.8) is 0 Å². The predicted molar refractivity (Wildman–Crippen MR) is 95.2 cm³/mol. The summed E-state index contributed by atoms with van der Waals surface area (Å²) in [4.78, 5) is 21.2. The molecule has 0 radical (unpaired) electrons. The molecule has 2 aromatic heterocycles. The fraction of sp³-hybridized carbons (Fsp3) is 0.312. The van der Waals surface area contributed by atoms with Gasteiger partial charge in [0.2, 0.25) is 5.95 Å². The Morgan fingerprint density at radius 2 is 1.96 bits per heavy atom. The average molecular weight is 444 g/mol. The van der Waals surface area contributed by atoms with E-state index in [2.05, 4.69) is 31.0 Å². The van der Waals surface area contributed by atoms with Gasteiger partial charge in [0.25, 0.3) is 5.56 Å². The van der Waals surface area contributed by atoms with Crippen LogP contribution in [0.4, 0.5) is 19.1 Å². The highest BCUT2D eigenvalue weighted by molar-refractivity contribution is 9.10. The Balaban J connectivity index is 1.83. The van der Waals surface area contributed by atoms with Crippen molar-refractivity contribution in [2.75, 3.05) is 31.2 Å². The van der Waals surface area contributed by atoms with Crippen molar-refractivity contribution in [3.05, 3.63) is 44.8 Å². The third kappa shape index (κ3) is 3.44. The van der Waals surface area contributed by atoms with Crippen molar-refractivity contribution in [2.45, 2.75) is 6.18 Å². The summed E-state index contributed by atoms with van der Waals surface area (Å²) in [6.45, 7) is 2.12. The number of hydrogen-bond donors (Lipinski definition) is 1. The number of rotatable bonds is 2. The summed E-state index contributed by atoms with van der Waals surface area (Å²) in [6.07, 6.45) is -3.32. The first-order chi connectivity index (χ1) is 12.8. The van der Waals surface area contributed by atoms with E-state index in [4.69, 9.17) is 4.74 Å². The van der Waals surface area contributed by atoms with Gasteiger partial charge >= 0.3 is 6.18 Å². The zero-order chi connectivity index (χ0) is 19.2. The Labute approximate surface area is 158 Å². The van der Waals surface area contributed by atoms with Crippen LogP contribution in [0.5, 0.6) is 0 Å². The summed E-state index contributed by atoms with van der Waals surface area (Å²) in [7, 11) is 0. The lowest BCUT2D eigenvalue weighted by molar-refractivity contribution is -0.137. The molecule has 7 nitrogen and oxygen atoms in total. The first kappa shape index (κ1) is 18.0. The smallest absolute Gasteiger partial charge is 0.378 e. The molecule has 0 bridgehead atoms. The Kier molecular flexibility index (Phi) is 4.42. The molecule has 0 saturated carbocycles. The number of ether oxygens (including phenoxy) is 1. The molecule has 1 aliphatic rings. The van der Waals surface area contributed by atoms with Crippen molar-refractivity contribution in [1.29, 1.82) is 0 Å². The molecule has 4 rings (SSSR count). The van der Waals surface area contributed by atoms with Crippen LogP contribution >= 0.6 is 15.9 Å². The lowest BCUT2D eigenvalue weighted by Crippen LogP contribution is -2.38. The first-order valence-corrected chi connectivity index (χ1v) is 8.82. The van der Waals surface area contributed by atoms with Gasteiger partial charge in [0.15, 0.2) is 5.65 Å². The van der Waals surface area contributed by atoms with Gasteiger partial charge in [-0.15, -0.1) is 5.10 Å². The van der Waals surface area contributed by atoms with Crippen LogP contribution < -0.4 is 10.5 Å². The lowest BCUT2D eigenvalue weighted by Gasteiger charge is -2.26. The van der Waals surface area contributed by atoms with E-state index in [0.717, 1.165) is 10.7 Å². The van der Waals surface area contributed by atoms with Crippen molar-refractivity contribution >= 4 is 32.9 Å². The number of benzene rings is 1. The topological polar surface area (TPSA) is 76.0 Å². The number of halogens is 4. The summed E-state index contributed by atoms with van der Waals surface area (Å²) in [5.41, 5.74) is -1.43. The number of aromatic amines is 1. The first-order valence-electron chi connectivity index (χ1n) is 8.02. The van der Waals surface area contributed by atoms with Gasteiger partial charge in [0, 0.05) is 23.8 Å². The zero-order valence-corrected chi connectivity index (χ0v) is 15.3. The van der Waals surface area contributed by atoms with Crippen LogP contribution in [0.2, 0.25) is 0 Å². The van der Waals surface area contributed by atoms with Crippen molar-refractivity contribution < 1.29 is 17.9 Å². The van der Waals surface area contributed by atoms with E-state index in [0.29, 0.717) is 36.7 Å². The monoisotopic (exact) mass is 443 g/mol. The highest BCUT2D eigenvalue weighted by Gasteiger charge is 2.34. The third-order valence-corrected chi connectivity index (χ3v) is 4.69. The molecule has 3 aromatic rings. The normalized spacial score (nSPS) is 15.5. The highest BCUT2D eigenvalue weighted by atomic mass is 79.9. The molecule has 1 saturated heterocycles. The molecule has 1 aliphatic heterocycles. The fourth-order valence-corrected chi connectivity index (χ4v) is 3.25. The molecule has 142 valence electrons. The van der Waals surface area contributed by atoms with E-state index in [1.807, 2.05) is 4.90 Å². The van der Waals surface area contributed by atoms with Crippen LogP contribution in [-0.2, 0) is 10.9 Å². The second-order valence-electron chi connectivity index (χ2n) is 5.96. The Morgan fingerprint density at radius 3 is 2.67 bits per heavy atom. The summed E-state index contributed by atoms with van der Waals surface area (Å²) in [6, 6.07) is 3.74. The summed E-state index contributed by atoms with van der Waals surface area (Å²) in [5, 5.41) is 4.23. The second-order valence-corrected chi connectivity index (χ2v) is 6.87. The van der Waals surface area contributed by atoms with Gasteiger partial charge in [-0.1, -0.05) is 15.9 Å². The van der Waals surface area contributed by atoms with E-state index in [1.165, 1.54) is 18.3 Å². The highest BCUT2D eigenvalue weighted by Crippen LogP contribution is 2.35. The van der Waals surface area contributed by atoms with Crippen LogP contribution in [-0.4, -0.2) is 46.1 Å². The maximum Gasteiger partial charge on any atom is 0.418 e. The SMILES string of the molecule is O=c1[nH]c(N2CCOCC2)nc2nn(-c3ccc(Br)cc3C(F)(F)F)cc12. The molecule has 0 atom stereocenters. The number of alkyl halides is 3. The van der Waals surface area contributed by atoms with E-state index < -0.39 is 17.3 Å². The number of nitrogens with zero attached hydrogens (tertiary/aromatic N) is 4. The fourth-order valence-electron chi connectivity index (χ4n) is 2.89. The molecule has 0 unspecified atom stereocenters. The van der Waals surface area contributed by atoms with Gasteiger partial charge in [-0.3, -0.25) is 9.78 Å². The lowest BCUT2D eigenvalue weighted by atomic mass is 10.1. The van der Waals surface area contributed by atoms with Gasteiger partial charge in [-0.2, -0.15) is 18.2 Å². The van der Waals surface area contributed by atoms with Crippen LogP contribution in [0.3, 0.4) is 0 Å². The minimum Gasteiger partial charge on any atom is -0.378 e. The molecule has 1 fully saturated rings. The minimum atomic E-state index is -4.57. The maximum atomic E-state index is 13.4. The molecular formula is C16H13BrF3N5O2. The third-order valence-electron chi connectivity index (χ3n) is 4.20. The van der Waals surface area contributed by atoms with E-state index in [-0.39, 0.29) is 16.7 Å². The van der Waals surface area contributed by atoms with Crippen molar-refractivity contribution in [2.24, 2.45) is 0 Å². The van der Waals surface area contributed by atoms with Crippen LogP contribution in [0.25, 0.3) is 16.7 Å². The Hall–Kier alpha value is -2.40.